The molecule has 2 aromatic rings. The molecule has 1 atom stereocenters. The Kier molecular flexibility index (Phi) is 3.02. The number of rotatable bonds is 2. The summed E-state index contributed by atoms with van der Waals surface area (Å²) in [6.07, 6.45) is 5.64. The van der Waals surface area contributed by atoms with E-state index in [1.54, 1.807) is 6.20 Å². The lowest BCUT2D eigenvalue weighted by Crippen LogP contribution is -2.16. The summed E-state index contributed by atoms with van der Waals surface area (Å²) in [4.78, 5) is 22.9. The Balaban J connectivity index is 2.16. The molecule has 3 rings (SSSR count). The van der Waals surface area contributed by atoms with Crippen LogP contribution < -0.4 is 5.73 Å². The number of pyridine rings is 1. The highest BCUT2D eigenvalue weighted by Gasteiger charge is 2.32. The van der Waals surface area contributed by atoms with Crippen molar-refractivity contribution in [3.8, 4) is 0 Å². The number of hydrogen-bond donors (Lipinski definition) is 1. The minimum absolute atomic E-state index is 0.0944. The zero-order chi connectivity index (χ0) is 14.1. The van der Waals surface area contributed by atoms with Gasteiger partial charge >= 0.3 is 5.69 Å². The van der Waals surface area contributed by atoms with E-state index in [1.807, 2.05) is 12.1 Å². The Labute approximate surface area is 115 Å². The summed E-state index contributed by atoms with van der Waals surface area (Å²) in [5.74, 6) is -0.284. The van der Waals surface area contributed by atoms with Gasteiger partial charge in [0.15, 0.2) is 0 Å². The maximum absolute atomic E-state index is 11.2. The van der Waals surface area contributed by atoms with Crippen molar-refractivity contribution in [3.05, 3.63) is 51.7 Å². The molecule has 0 radical (unpaired) electrons. The summed E-state index contributed by atoms with van der Waals surface area (Å²) in [7, 11) is 0. The zero-order valence-corrected chi connectivity index (χ0v) is 10.7. The molecule has 2 heterocycles. The van der Waals surface area contributed by atoms with E-state index in [1.165, 1.54) is 6.33 Å². The molecule has 2 N–H and O–H groups in total. The van der Waals surface area contributed by atoms with Gasteiger partial charge < -0.3 is 5.73 Å². The van der Waals surface area contributed by atoms with Crippen LogP contribution >= 0.6 is 0 Å². The van der Waals surface area contributed by atoms with Crippen LogP contribution in [0.1, 0.15) is 35.7 Å². The molecular weight excluding hydrogens is 258 g/mol. The predicted octanol–water partition coefficient (Wildman–Crippen LogP) is 1.83. The van der Waals surface area contributed by atoms with Gasteiger partial charge in [-0.3, -0.25) is 15.1 Å². The quantitative estimate of drug-likeness (QED) is 0.659. The Bertz CT molecular complexity index is 674. The molecule has 0 fully saturated rings. The average molecular weight is 271 g/mol. The lowest BCUT2D eigenvalue weighted by atomic mass is 9.84. The van der Waals surface area contributed by atoms with Gasteiger partial charge in [-0.15, -0.1) is 0 Å². The highest BCUT2D eigenvalue weighted by molar-refractivity contribution is 5.57. The fourth-order valence-corrected chi connectivity index (χ4v) is 2.72. The van der Waals surface area contributed by atoms with E-state index in [4.69, 9.17) is 5.73 Å². The molecule has 0 aromatic carbocycles. The summed E-state index contributed by atoms with van der Waals surface area (Å²) in [5.41, 5.74) is 7.78. The van der Waals surface area contributed by atoms with E-state index < -0.39 is 4.92 Å². The fourth-order valence-electron chi connectivity index (χ4n) is 2.72. The van der Waals surface area contributed by atoms with Gasteiger partial charge in [0.1, 0.15) is 12.0 Å². The second-order valence-corrected chi connectivity index (χ2v) is 4.74. The largest absolute Gasteiger partial charge is 0.378 e. The van der Waals surface area contributed by atoms with Crippen molar-refractivity contribution in [1.82, 2.24) is 15.0 Å². The Hall–Kier alpha value is -2.57. The maximum atomic E-state index is 11.2. The third kappa shape index (κ3) is 1.97. The van der Waals surface area contributed by atoms with Crippen LogP contribution in [0.4, 0.5) is 11.5 Å². The van der Waals surface area contributed by atoms with Crippen LogP contribution in [0, 0.1) is 10.1 Å². The number of hydrogen-bond acceptors (Lipinski definition) is 6. The molecule has 1 aliphatic rings. The number of nitrogen functional groups attached to an aromatic ring is 1. The first-order valence-corrected chi connectivity index (χ1v) is 6.37. The number of nitrogens with two attached hydrogens (primary N) is 1. The predicted molar refractivity (Wildman–Crippen MR) is 72.1 cm³/mol. The number of aryl methyl sites for hydroxylation is 1. The van der Waals surface area contributed by atoms with Crippen LogP contribution in [-0.4, -0.2) is 19.9 Å². The van der Waals surface area contributed by atoms with Gasteiger partial charge in [0.05, 0.1) is 16.5 Å². The number of anilines is 1. The van der Waals surface area contributed by atoms with Gasteiger partial charge in [-0.25, -0.2) is 9.97 Å². The van der Waals surface area contributed by atoms with Gasteiger partial charge in [0.2, 0.25) is 5.82 Å². The lowest BCUT2D eigenvalue weighted by Gasteiger charge is -2.23. The minimum Gasteiger partial charge on any atom is -0.378 e. The molecule has 2 aromatic heterocycles. The topological polar surface area (TPSA) is 108 Å². The second kappa shape index (κ2) is 4.84. The van der Waals surface area contributed by atoms with Gasteiger partial charge in [0, 0.05) is 6.20 Å². The van der Waals surface area contributed by atoms with E-state index >= 15 is 0 Å². The Morgan fingerprint density at radius 3 is 2.95 bits per heavy atom. The second-order valence-electron chi connectivity index (χ2n) is 4.74. The average Bonchev–Trinajstić information content (AvgIpc) is 2.46. The van der Waals surface area contributed by atoms with E-state index in [9.17, 15) is 10.1 Å². The fraction of sp³-hybridized carbons (Fsp3) is 0.308. The number of fused-ring (bicyclic) bond motifs is 1. The first kappa shape index (κ1) is 12.5. The van der Waals surface area contributed by atoms with Gasteiger partial charge in [-0.1, -0.05) is 6.07 Å². The molecule has 0 spiro atoms. The number of aromatic nitrogens is 3. The van der Waals surface area contributed by atoms with Crippen molar-refractivity contribution in [1.29, 1.82) is 0 Å². The van der Waals surface area contributed by atoms with Crippen molar-refractivity contribution < 1.29 is 4.92 Å². The van der Waals surface area contributed by atoms with E-state index in [-0.39, 0.29) is 17.4 Å². The smallest absolute Gasteiger partial charge is 0.333 e. The highest BCUT2D eigenvalue weighted by atomic mass is 16.6. The summed E-state index contributed by atoms with van der Waals surface area (Å²) in [5, 5.41) is 11.2. The summed E-state index contributed by atoms with van der Waals surface area (Å²) >= 11 is 0. The molecule has 0 bridgehead atoms. The third-order valence-electron chi connectivity index (χ3n) is 3.59. The zero-order valence-electron chi connectivity index (χ0n) is 10.7. The van der Waals surface area contributed by atoms with Gasteiger partial charge in [-0.05, 0) is 30.9 Å². The Morgan fingerprint density at radius 1 is 1.30 bits per heavy atom. The first-order valence-electron chi connectivity index (χ1n) is 6.37. The molecule has 1 unspecified atom stereocenters. The molecular formula is C13H13N5O2. The molecule has 1 aliphatic carbocycles. The van der Waals surface area contributed by atoms with Crippen LogP contribution in [-0.2, 0) is 6.42 Å². The van der Waals surface area contributed by atoms with Crippen molar-refractivity contribution in [2.24, 2.45) is 0 Å². The van der Waals surface area contributed by atoms with E-state index in [2.05, 4.69) is 15.0 Å². The van der Waals surface area contributed by atoms with Crippen molar-refractivity contribution in [3.63, 3.8) is 0 Å². The van der Waals surface area contributed by atoms with E-state index in [0.717, 1.165) is 30.5 Å². The van der Waals surface area contributed by atoms with Crippen LogP contribution in [0.2, 0.25) is 0 Å². The molecule has 20 heavy (non-hydrogen) atoms. The number of nitrogens with zero attached hydrogens (tertiary/aromatic N) is 4. The normalized spacial score (nSPS) is 17.5. The van der Waals surface area contributed by atoms with Crippen LogP contribution in [0.5, 0.6) is 0 Å². The molecule has 0 saturated heterocycles. The number of nitro groups is 1. The van der Waals surface area contributed by atoms with Crippen LogP contribution in [0.3, 0.4) is 0 Å². The van der Waals surface area contributed by atoms with Crippen LogP contribution in [0.15, 0.2) is 24.7 Å². The maximum Gasteiger partial charge on any atom is 0.333 e. The van der Waals surface area contributed by atoms with Gasteiger partial charge in [-0.2, -0.15) is 0 Å². The van der Waals surface area contributed by atoms with Gasteiger partial charge in [0.25, 0.3) is 0 Å². The SMILES string of the molecule is Nc1ncnc(C2CCCc3cccnc32)c1[N+](=O)[O-]. The van der Waals surface area contributed by atoms with Crippen molar-refractivity contribution in [2.75, 3.05) is 5.73 Å². The minimum atomic E-state index is -0.512. The highest BCUT2D eigenvalue weighted by Crippen LogP contribution is 2.39. The standard InChI is InChI=1S/C13H13N5O2/c14-13-12(18(19)20)11(16-7-17-13)9-5-1-3-8-4-2-6-15-10(8)9/h2,4,6-7,9H,1,3,5H2,(H2,14,16,17). The Morgan fingerprint density at radius 2 is 2.15 bits per heavy atom. The molecule has 7 heteroatoms. The van der Waals surface area contributed by atoms with Crippen molar-refractivity contribution in [2.45, 2.75) is 25.2 Å². The molecule has 7 nitrogen and oxygen atoms in total. The summed E-state index contributed by atoms with van der Waals surface area (Å²) < 4.78 is 0. The monoisotopic (exact) mass is 271 g/mol. The van der Waals surface area contributed by atoms with E-state index in [0.29, 0.717) is 5.69 Å². The molecule has 0 saturated carbocycles. The summed E-state index contributed by atoms with van der Waals surface area (Å²) in [6.45, 7) is 0. The molecule has 102 valence electrons. The lowest BCUT2D eigenvalue weighted by molar-refractivity contribution is -0.385. The first-order chi connectivity index (χ1) is 9.68. The molecule has 0 amide bonds. The van der Waals surface area contributed by atoms with Crippen LogP contribution in [0.25, 0.3) is 0 Å². The molecule has 0 aliphatic heterocycles. The third-order valence-corrected chi connectivity index (χ3v) is 3.59. The summed E-state index contributed by atoms with van der Waals surface area (Å²) in [6, 6.07) is 3.88. The van der Waals surface area contributed by atoms with Crippen molar-refractivity contribution >= 4 is 11.5 Å².